The van der Waals surface area contributed by atoms with Gasteiger partial charge in [-0.2, -0.15) is 0 Å². The molecule has 0 unspecified atom stereocenters. The molecule has 3 rings (SSSR count). The fraction of sp³-hybridized carbons (Fsp3) is 0.333. The monoisotopic (exact) mass is 446 g/mol. The van der Waals surface area contributed by atoms with Gasteiger partial charge in [0.25, 0.3) is 11.6 Å². The quantitative estimate of drug-likeness (QED) is 0.369. The number of benzene rings is 2. The first-order valence-electron chi connectivity index (χ1n) is 9.68. The van der Waals surface area contributed by atoms with Crippen molar-refractivity contribution >= 4 is 23.3 Å². The molecule has 0 radical (unpaired) electrons. The Balaban J connectivity index is 1.57. The van der Waals surface area contributed by atoms with Crippen molar-refractivity contribution < 1.29 is 38.2 Å². The molecule has 170 valence electrons. The second-order valence-corrected chi connectivity index (χ2v) is 6.78. The fourth-order valence-corrected chi connectivity index (χ4v) is 2.85. The molecule has 11 nitrogen and oxygen atoms in total. The molecule has 0 bridgehead atoms. The molecule has 1 aliphatic rings. The molecule has 2 aromatic rings. The van der Waals surface area contributed by atoms with Crippen molar-refractivity contribution in [1.82, 2.24) is 0 Å². The van der Waals surface area contributed by atoms with E-state index >= 15 is 0 Å². The lowest BCUT2D eigenvalue weighted by atomic mass is 10.2. The van der Waals surface area contributed by atoms with Crippen molar-refractivity contribution in [3.05, 3.63) is 46.0 Å². The van der Waals surface area contributed by atoms with Crippen molar-refractivity contribution in [3.63, 3.8) is 0 Å². The number of methoxy groups -OCH3 is 1. The summed E-state index contributed by atoms with van der Waals surface area (Å²) < 4.78 is 26.4. The average Bonchev–Trinajstić information content (AvgIpc) is 3.00. The van der Waals surface area contributed by atoms with E-state index in [-0.39, 0.29) is 22.9 Å². The summed E-state index contributed by atoms with van der Waals surface area (Å²) in [5.41, 5.74) is 0.488. The first kappa shape index (κ1) is 22.7. The molecule has 0 aliphatic carbocycles. The van der Waals surface area contributed by atoms with Gasteiger partial charge in [0.2, 0.25) is 0 Å². The number of ether oxygens (including phenoxy) is 5. The third-order valence-corrected chi connectivity index (χ3v) is 4.37. The minimum Gasteiger partial charge on any atom is -0.493 e. The van der Waals surface area contributed by atoms with Crippen molar-refractivity contribution in [3.8, 4) is 23.0 Å². The molecule has 1 amide bonds. The lowest BCUT2D eigenvalue weighted by Gasteiger charge is -2.12. The van der Waals surface area contributed by atoms with Gasteiger partial charge in [0.05, 0.1) is 31.3 Å². The van der Waals surface area contributed by atoms with Gasteiger partial charge >= 0.3 is 5.97 Å². The summed E-state index contributed by atoms with van der Waals surface area (Å²) in [6.45, 7) is 1.52. The number of carbonyl (C=O) groups excluding carboxylic acids is 2. The zero-order valence-electron chi connectivity index (χ0n) is 17.5. The van der Waals surface area contributed by atoms with Gasteiger partial charge in [0.1, 0.15) is 5.69 Å². The maximum Gasteiger partial charge on any atom is 0.344 e. The largest absolute Gasteiger partial charge is 0.493 e. The van der Waals surface area contributed by atoms with Crippen LogP contribution in [0.1, 0.15) is 12.0 Å². The van der Waals surface area contributed by atoms with E-state index in [9.17, 15) is 19.7 Å². The predicted molar refractivity (Wildman–Crippen MR) is 112 cm³/mol. The Kier molecular flexibility index (Phi) is 7.32. The number of amides is 1. The molecular formula is C21H22N2O9. The Labute approximate surface area is 183 Å². The van der Waals surface area contributed by atoms with Crippen LogP contribution in [0, 0.1) is 17.0 Å². The molecule has 0 spiro atoms. The third kappa shape index (κ3) is 5.78. The number of aryl methyl sites for hydroxylation is 1. The Bertz CT molecular complexity index is 1020. The van der Waals surface area contributed by atoms with E-state index in [1.54, 1.807) is 18.2 Å². The van der Waals surface area contributed by atoms with Gasteiger partial charge in [-0.1, -0.05) is 6.07 Å². The second kappa shape index (κ2) is 10.3. The summed E-state index contributed by atoms with van der Waals surface area (Å²) in [5, 5.41) is 13.7. The number of anilines is 1. The number of rotatable bonds is 8. The minimum atomic E-state index is -0.795. The predicted octanol–water partition coefficient (Wildman–Crippen LogP) is 2.63. The lowest BCUT2D eigenvalue weighted by Crippen LogP contribution is -2.24. The first-order chi connectivity index (χ1) is 15.4. The summed E-state index contributed by atoms with van der Waals surface area (Å²) in [4.78, 5) is 34.9. The highest BCUT2D eigenvalue weighted by Crippen LogP contribution is 2.39. The van der Waals surface area contributed by atoms with E-state index in [2.05, 4.69) is 5.32 Å². The zero-order valence-corrected chi connectivity index (χ0v) is 17.5. The van der Waals surface area contributed by atoms with Crippen LogP contribution in [0.4, 0.5) is 11.4 Å². The number of nitro groups is 1. The van der Waals surface area contributed by atoms with E-state index in [1.165, 1.54) is 19.2 Å². The normalized spacial score (nSPS) is 12.3. The van der Waals surface area contributed by atoms with Gasteiger partial charge < -0.3 is 29.0 Å². The van der Waals surface area contributed by atoms with Crippen LogP contribution in [-0.2, 0) is 14.3 Å². The number of nitrogens with one attached hydrogen (secondary N) is 1. The number of nitrogens with zero attached hydrogens (tertiary/aromatic N) is 1. The molecule has 0 fully saturated rings. The van der Waals surface area contributed by atoms with E-state index in [4.69, 9.17) is 23.7 Å². The molecule has 1 aliphatic heterocycles. The summed E-state index contributed by atoms with van der Waals surface area (Å²) in [6, 6.07) is 7.68. The molecule has 0 atom stereocenters. The summed E-state index contributed by atoms with van der Waals surface area (Å²) in [6.07, 6.45) is 0.622. The maximum absolute atomic E-state index is 12.2. The van der Waals surface area contributed by atoms with E-state index in [1.807, 2.05) is 6.92 Å². The van der Waals surface area contributed by atoms with Gasteiger partial charge in [-0.15, -0.1) is 0 Å². The number of hydrogen-bond donors (Lipinski definition) is 1. The highest BCUT2D eigenvalue weighted by atomic mass is 16.6. The molecule has 2 aromatic carbocycles. The van der Waals surface area contributed by atoms with Gasteiger partial charge in [0, 0.05) is 12.5 Å². The van der Waals surface area contributed by atoms with E-state index < -0.39 is 30.0 Å². The summed E-state index contributed by atoms with van der Waals surface area (Å²) in [7, 11) is 1.48. The smallest absolute Gasteiger partial charge is 0.344 e. The Hall–Kier alpha value is -4.02. The number of hydrogen-bond acceptors (Lipinski definition) is 9. The molecule has 0 saturated carbocycles. The minimum absolute atomic E-state index is 0.0964. The molecule has 0 aromatic heterocycles. The van der Waals surface area contributed by atoms with Crippen molar-refractivity contribution in [2.75, 3.05) is 38.9 Å². The van der Waals surface area contributed by atoms with Gasteiger partial charge in [-0.3, -0.25) is 14.9 Å². The van der Waals surface area contributed by atoms with Crippen LogP contribution in [-0.4, -0.2) is 50.3 Å². The van der Waals surface area contributed by atoms with Gasteiger partial charge in [0.15, 0.2) is 36.2 Å². The number of carbonyl (C=O) groups is 2. The van der Waals surface area contributed by atoms with Crippen molar-refractivity contribution in [2.45, 2.75) is 13.3 Å². The number of fused-ring (bicyclic) bond motifs is 1. The molecule has 11 heteroatoms. The number of nitro benzene ring substituents is 1. The third-order valence-electron chi connectivity index (χ3n) is 4.37. The zero-order chi connectivity index (χ0) is 23.1. The molecule has 1 heterocycles. The SMILES string of the molecule is COc1cc(C)ccc1OCC(=O)OCC(=O)Nc1cc2c(cc1[N+](=O)[O-])OCCCO2. The Morgan fingerprint density at radius 1 is 1.09 bits per heavy atom. The van der Waals surface area contributed by atoms with Gasteiger partial charge in [-0.05, 0) is 24.6 Å². The fourth-order valence-electron chi connectivity index (χ4n) is 2.85. The topological polar surface area (TPSA) is 135 Å². The van der Waals surface area contributed by atoms with Crippen molar-refractivity contribution in [1.29, 1.82) is 0 Å². The van der Waals surface area contributed by atoms with Crippen LogP contribution in [0.25, 0.3) is 0 Å². The maximum atomic E-state index is 12.2. The van der Waals surface area contributed by atoms with Crippen LogP contribution in [0.5, 0.6) is 23.0 Å². The molecule has 32 heavy (non-hydrogen) atoms. The van der Waals surface area contributed by atoms with Crippen LogP contribution in [0.3, 0.4) is 0 Å². The van der Waals surface area contributed by atoms with Crippen LogP contribution < -0.4 is 24.3 Å². The van der Waals surface area contributed by atoms with Crippen LogP contribution in [0.15, 0.2) is 30.3 Å². The van der Waals surface area contributed by atoms with Gasteiger partial charge in [-0.25, -0.2) is 4.79 Å². The first-order valence-corrected chi connectivity index (χ1v) is 9.68. The standard InChI is InChI=1S/C21H22N2O9/c1-13-4-5-16(17(8-13)28-2)31-12-21(25)32-11-20(24)22-14-9-18-19(10-15(14)23(26)27)30-7-3-6-29-18/h4-5,8-10H,3,6-7,11-12H2,1-2H3,(H,22,24). The van der Waals surface area contributed by atoms with E-state index in [0.717, 1.165) is 5.56 Å². The lowest BCUT2D eigenvalue weighted by molar-refractivity contribution is -0.384. The van der Waals surface area contributed by atoms with Crippen LogP contribution >= 0.6 is 0 Å². The Morgan fingerprint density at radius 3 is 2.50 bits per heavy atom. The molecule has 1 N–H and O–H groups in total. The van der Waals surface area contributed by atoms with E-state index in [0.29, 0.717) is 31.1 Å². The molecular weight excluding hydrogens is 424 g/mol. The summed E-state index contributed by atoms with van der Waals surface area (Å²) >= 11 is 0. The molecule has 0 saturated heterocycles. The summed E-state index contributed by atoms with van der Waals surface area (Å²) in [5.74, 6) is -0.248. The highest BCUT2D eigenvalue weighted by Gasteiger charge is 2.23. The average molecular weight is 446 g/mol. The highest BCUT2D eigenvalue weighted by molar-refractivity contribution is 5.95. The Morgan fingerprint density at radius 2 is 1.81 bits per heavy atom. The second-order valence-electron chi connectivity index (χ2n) is 6.78. The van der Waals surface area contributed by atoms with Crippen LogP contribution in [0.2, 0.25) is 0 Å². The van der Waals surface area contributed by atoms with Crippen molar-refractivity contribution in [2.24, 2.45) is 0 Å². The number of esters is 1.